The van der Waals surface area contributed by atoms with Crippen LogP contribution in [0.15, 0.2) is 47.3 Å². The van der Waals surface area contributed by atoms with Crippen molar-refractivity contribution in [1.29, 1.82) is 5.26 Å². The number of carbonyl (C=O) groups is 1. The lowest BCUT2D eigenvalue weighted by Gasteiger charge is -2.09. The first kappa shape index (κ1) is 15.5. The van der Waals surface area contributed by atoms with Crippen molar-refractivity contribution >= 4 is 11.6 Å². The van der Waals surface area contributed by atoms with Gasteiger partial charge < -0.3 is 9.88 Å². The van der Waals surface area contributed by atoms with Gasteiger partial charge in [0, 0.05) is 30.4 Å². The second kappa shape index (κ2) is 7.23. The van der Waals surface area contributed by atoms with E-state index in [1.807, 2.05) is 19.1 Å². The van der Waals surface area contributed by atoms with Gasteiger partial charge in [-0.3, -0.25) is 9.59 Å². The van der Waals surface area contributed by atoms with Gasteiger partial charge in [0.1, 0.15) is 0 Å². The molecule has 2 aromatic rings. The first-order valence-corrected chi connectivity index (χ1v) is 7.06. The molecule has 5 heteroatoms. The van der Waals surface area contributed by atoms with Crippen molar-refractivity contribution in [3.05, 3.63) is 64.1 Å². The van der Waals surface area contributed by atoms with Gasteiger partial charge in [0.05, 0.1) is 11.6 Å². The fourth-order valence-corrected chi connectivity index (χ4v) is 2.20. The van der Waals surface area contributed by atoms with E-state index in [1.165, 1.54) is 6.07 Å². The Morgan fingerprint density at radius 1 is 1.27 bits per heavy atom. The fourth-order valence-electron chi connectivity index (χ4n) is 2.20. The number of hydrogen-bond acceptors (Lipinski definition) is 3. The van der Waals surface area contributed by atoms with Gasteiger partial charge >= 0.3 is 0 Å². The van der Waals surface area contributed by atoms with Gasteiger partial charge in [0.25, 0.3) is 5.56 Å². The lowest BCUT2D eigenvalue weighted by molar-refractivity contribution is -0.116. The van der Waals surface area contributed by atoms with Crippen molar-refractivity contribution < 1.29 is 4.79 Å². The van der Waals surface area contributed by atoms with Crippen LogP contribution in [0.5, 0.6) is 0 Å². The summed E-state index contributed by atoms with van der Waals surface area (Å²) in [6.45, 7) is 2.38. The molecule has 112 valence electrons. The Hall–Kier alpha value is -2.87. The summed E-state index contributed by atoms with van der Waals surface area (Å²) in [7, 11) is 0. The second-order valence-electron chi connectivity index (χ2n) is 5.00. The summed E-state index contributed by atoms with van der Waals surface area (Å²) in [5, 5.41) is 11.6. The minimum absolute atomic E-state index is 0.0536. The topological polar surface area (TPSA) is 74.9 Å². The summed E-state index contributed by atoms with van der Waals surface area (Å²) in [5.74, 6) is -0.128. The molecule has 5 nitrogen and oxygen atoms in total. The zero-order valence-electron chi connectivity index (χ0n) is 12.4. The molecule has 1 amide bonds. The number of anilines is 1. The van der Waals surface area contributed by atoms with Crippen LogP contribution in [-0.4, -0.2) is 10.5 Å². The van der Waals surface area contributed by atoms with Crippen LogP contribution in [0.25, 0.3) is 0 Å². The number of rotatable bonds is 5. The third kappa shape index (κ3) is 4.06. The highest BCUT2D eigenvalue weighted by Crippen LogP contribution is 2.10. The van der Waals surface area contributed by atoms with E-state index in [4.69, 9.17) is 5.26 Å². The van der Waals surface area contributed by atoms with Crippen molar-refractivity contribution in [3.8, 4) is 6.07 Å². The zero-order valence-corrected chi connectivity index (χ0v) is 12.4. The predicted molar refractivity (Wildman–Crippen MR) is 84.5 cm³/mol. The Balaban J connectivity index is 1.88. The van der Waals surface area contributed by atoms with E-state index >= 15 is 0 Å². The first-order valence-electron chi connectivity index (χ1n) is 7.06. The molecule has 1 N–H and O–H groups in total. The molecule has 0 aliphatic carbocycles. The molecule has 0 aliphatic rings. The fraction of sp³-hybridized carbons (Fsp3) is 0.235. The summed E-state index contributed by atoms with van der Waals surface area (Å²) in [6.07, 6.45) is 0.895. The van der Waals surface area contributed by atoms with Crippen LogP contribution < -0.4 is 10.9 Å². The molecule has 2 rings (SSSR count). The van der Waals surface area contributed by atoms with Gasteiger partial charge in [0.15, 0.2) is 0 Å². The maximum absolute atomic E-state index is 11.9. The molecule has 0 fully saturated rings. The monoisotopic (exact) mass is 295 g/mol. The standard InChI is InChI=1S/C17H17N3O2/c1-13-5-2-9-17(22)20(13)10-4-8-16(21)19-15-7-3-6-14(11-15)12-18/h2-3,5-7,9,11H,4,8,10H2,1H3,(H,19,21). The van der Waals surface area contributed by atoms with E-state index in [0.717, 1.165) is 5.69 Å². The molecule has 0 saturated heterocycles. The molecular formula is C17H17N3O2. The summed E-state index contributed by atoms with van der Waals surface area (Å²) >= 11 is 0. The van der Waals surface area contributed by atoms with E-state index in [0.29, 0.717) is 30.6 Å². The van der Waals surface area contributed by atoms with Crippen molar-refractivity contribution in [2.75, 3.05) is 5.32 Å². The Morgan fingerprint density at radius 3 is 2.77 bits per heavy atom. The number of hydrogen-bond donors (Lipinski definition) is 1. The molecular weight excluding hydrogens is 278 g/mol. The van der Waals surface area contributed by atoms with Crippen LogP contribution in [0, 0.1) is 18.3 Å². The number of aryl methyl sites for hydroxylation is 1. The zero-order chi connectivity index (χ0) is 15.9. The van der Waals surface area contributed by atoms with Gasteiger partial charge in [-0.2, -0.15) is 5.26 Å². The third-order valence-electron chi connectivity index (χ3n) is 3.33. The number of nitrogens with zero attached hydrogens (tertiary/aromatic N) is 2. The number of nitrogens with one attached hydrogen (secondary N) is 1. The molecule has 22 heavy (non-hydrogen) atoms. The van der Waals surface area contributed by atoms with E-state index < -0.39 is 0 Å². The molecule has 0 bridgehead atoms. The minimum Gasteiger partial charge on any atom is -0.326 e. The normalized spacial score (nSPS) is 10.0. The Kier molecular flexibility index (Phi) is 5.10. The SMILES string of the molecule is Cc1cccc(=O)n1CCCC(=O)Nc1cccc(C#N)c1. The minimum atomic E-state index is -0.128. The smallest absolute Gasteiger partial charge is 0.250 e. The van der Waals surface area contributed by atoms with Gasteiger partial charge in [-0.1, -0.05) is 12.1 Å². The Bertz CT molecular complexity index is 772. The van der Waals surface area contributed by atoms with Gasteiger partial charge in [0.2, 0.25) is 5.91 Å². The summed E-state index contributed by atoms with van der Waals surface area (Å²) in [6, 6.07) is 13.9. The highest BCUT2D eigenvalue weighted by atomic mass is 16.1. The molecule has 1 aromatic heterocycles. The molecule has 0 spiro atoms. The van der Waals surface area contributed by atoms with E-state index in [-0.39, 0.29) is 11.5 Å². The van der Waals surface area contributed by atoms with Crippen LogP contribution in [0.2, 0.25) is 0 Å². The number of benzene rings is 1. The number of amides is 1. The molecule has 0 unspecified atom stereocenters. The summed E-state index contributed by atoms with van der Waals surface area (Å²) in [4.78, 5) is 23.6. The quantitative estimate of drug-likeness (QED) is 0.920. The van der Waals surface area contributed by atoms with Crippen molar-refractivity contribution in [3.63, 3.8) is 0 Å². The average molecular weight is 295 g/mol. The lowest BCUT2D eigenvalue weighted by Crippen LogP contribution is -2.22. The maximum atomic E-state index is 11.9. The lowest BCUT2D eigenvalue weighted by atomic mass is 10.2. The van der Waals surface area contributed by atoms with Gasteiger partial charge in [-0.25, -0.2) is 0 Å². The predicted octanol–water partition coefficient (Wildman–Crippen LogP) is 2.45. The van der Waals surface area contributed by atoms with Crippen molar-refractivity contribution in [1.82, 2.24) is 4.57 Å². The molecule has 1 aromatic carbocycles. The number of aromatic nitrogens is 1. The van der Waals surface area contributed by atoms with Crippen LogP contribution in [0.4, 0.5) is 5.69 Å². The van der Waals surface area contributed by atoms with Crippen molar-refractivity contribution in [2.45, 2.75) is 26.3 Å². The largest absolute Gasteiger partial charge is 0.326 e. The van der Waals surface area contributed by atoms with E-state index in [2.05, 4.69) is 5.32 Å². The molecule has 0 saturated carbocycles. The highest BCUT2D eigenvalue weighted by Gasteiger charge is 2.05. The van der Waals surface area contributed by atoms with Crippen LogP contribution in [0.3, 0.4) is 0 Å². The Morgan fingerprint density at radius 2 is 2.05 bits per heavy atom. The molecule has 0 atom stereocenters. The van der Waals surface area contributed by atoms with Crippen LogP contribution >= 0.6 is 0 Å². The molecule has 0 aliphatic heterocycles. The number of nitriles is 1. The number of pyridine rings is 1. The third-order valence-corrected chi connectivity index (χ3v) is 3.33. The second-order valence-corrected chi connectivity index (χ2v) is 5.00. The molecule has 0 radical (unpaired) electrons. The first-order chi connectivity index (χ1) is 10.6. The van der Waals surface area contributed by atoms with E-state index in [1.54, 1.807) is 34.9 Å². The maximum Gasteiger partial charge on any atom is 0.250 e. The Labute approximate surface area is 128 Å². The van der Waals surface area contributed by atoms with Crippen LogP contribution in [-0.2, 0) is 11.3 Å². The molecule has 1 heterocycles. The summed E-state index contributed by atoms with van der Waals surface area (Å²) in [5.41, 5.74) is 1.94. The highest BCUT2D eigenvalue weighted by molar-refractivity contribution is 5.90. The van der Waals surface area contributed by atoms with Gasteiger partial charge in [-0.15, -0.1) is 0 Å². The summed E-state index contributed by atoms with van der Waals surface area (Å²) < 4.78 is 1.66. The van der Waals surface area contributed by atoms with Crippen LogP contribution in [0.1, 0.15) is 24.1 Å². The van der Waals surface area contributed by atoms with E-state index in [9.17, 15) is 9.59 Å². The number of carbonyl (C=O) groups excluding carboxylic acids is 1. The van der Waals surface area contributed by atoms with Gasteiger partial charge in [-0.05, 0) is 37.6 Å². The average Bonchev–Trinajstić information content (AvgIpc) is 2.50. The van der Waals surface area contributed by atoms with Crippen molar-refractivity contribution in [2.24, 2.45) is 0 Å².